The first-order chi connectivity index (χ1) is 19.0. The second-order valence-corrected chi connectivity index (χ2v) is 10.7. The van der Waals surface area contributed by atoms with Gasteiger partial charge >= 0.3 is 5.97 Å². The summed E-state index contributed by atoms with van der Waals surface area (Å²) >= 11 is 0. The molecule has 3 aliphatic rings. The van der Waals surface area contributed by atoms with E-state index in [1.165, 1.54) is 6.07 Å². The van der Waals surface area contributed by atoms with Crippen LogP contribution in [-0.2, 0) is 4.79 Å². The van der Waals surface area contributed by atoms with E-state index in [4.69, 9.17) is 9.97 Å². The fourth-order valence-electron chi connectivity index (χ4n) is 6.68. The van der Waals surface area contributed by atoms with Gasteiger partial charge in [-0.25, -0.2) is 18.7 Å². The molecule has 196 valence electrons. The smallest absolute Gasteiger partial charge is 0.308 e. The Morgan fingerprint density at radius 2 is 1.67 bits per heavy atom. The molecule has 0 amide bonds. The van der Waals surface area contributed by atoms with Crippen molar-refractivity contribution in [1.29, 1.82) is 0 Å². The molecule has 39 heavy (non-hydrogen) atoms. The fraction of sp³-hybridized carbons (Fsp3) is 0.258. The summed E-state index contributed by atoms with van der Waals surface area (Å²) < 4.78 is 28.7. The lowest BCUT2D eigenvalue weighted by atomic mass is 9.61. The normalized spacial score (nSPS) is 22.4. The lowest BCUT2D eigenvalue weighted by molar-refractivity contribution is -0.148. The highest BCUT2D eigenvalue weighted by Crippen LogP contribution is 2.47. The first-order valence-electron chi connectivity index (χ1n) is 13.3. The van der Waals surface area contributed by atoms with Gasteiger partial charge in [-0.15, -0.1) is 0 Å². The summed E-state index contributed by atoms with van der Waals surface area (Å²) in [6, 6.07) is 17.7. The van der Waals surface area contributed by atoms with Crippen molar-refractivity contribution in [2.24, 2.45) is 17.8 Å². The van der Waals surface area contributed by atoms with E-state index in [0.717, 1.165) is 48.3 Å². The number of hydrogen-bond acceptors (Lipinski definition) is 4. The minimum absolute atomic E-state index is 0.141. The van der Waals surface area contributed by atoms with Crippen LogP contribution in [0.15, 0.2) is 66.9 Å². The van der Waals surface area contributed by atoms with Crippen LogP contribution in [0.25, 0.3) is 44.3 Å². The number of rotatable bonds is 5. The maximum atomic E-state index is 14.5. The molecule has 3 aliphatic carbocycles. The van der Waals surface area contributed by atoms with Gasteiger partial charge in [0.25, 0.3) is 0 Å². The largest absolute Gasteiger partial charge is 0.481 e. The third kappa shape index (κ3) is 4.02. The quantitative estimate of drug-likeness (QED) is 0.230. The lowest BCUT2D eigenvalue weighted by Crippen LogP contribution is -2.51. The number of aromatic amines is 1. The molecule has 0 aliphatic heterocycles. The van der Waals surface area contributed by atoms with Gasteiger partial charge in [0.15, 0.2) is 5.82 Å². The summed E-state index contributed by atoms with van der Waals surface area (Å²) in [5, 5.41) is 14.8. The van der Waals surface area contributed by atoms with Crippen molar-refractivity contribution in [1.82, 2.24) is 15.0 Å². The second-order valence-electron chi connectivity index (χ2n) is 10.7. The van der Waals surface area contributed by atoms with Crippen molar-refractivity contribution in [2.75, 3.05) is 5.32 Å². The number of hydrogen-bond donors (Lipinski definition) is 3. The highest BCUT2D eigenvalue weighted by atomic mass is 19.1. The SMILES string of the molecule is O=C(O)[C@@H]1C2CCC(CC2)[C@H]1Nc1nc(-c2c[nH]c3c(F)cc(F)cc23)nc2cc(-c3ccccc3)ccc12. The van der Waals surface area contributed by atoms with Gasteiger partial charge in [0.1, 0.15) is 17.5 Å². The number of benzene rings is 3. The molecule has 2 heterocycles. The first kappa shape index (κ1) is 23.8. The Morgan fingerprint density at radius 3 is 2.44 bits per heavy atom. The van der Waals surface area contributed by atoms with Crippen LogP contribution >= 0.6 is 0 Å². The summed E-state index contributed by atoms with van der Waals surface area (Å²) in [5.41, 5.74) is 3.30. The number of carboxylic acids is 1. The number of carbonyl (C=O) groups is 1. The molecule has 0 spiro atoms. The third-order valence-electron chi connectivity index (χ3n) is 8.56. The standard InChI is InChI=1S/C31H26F2N4O2/c32-20-13-22-23(15-34-28(22)24(33)14-20)30-35-25-12-19(16-4-2-1-3-5-16)10-11-21(25)29(37-30)36-27-18-8-6-17(7-9-18)26(27)31(38)39/h1-5,10-15,17-18,26-27,34H,6-9H2,(H,38,39)(H,35,36,37)/t17?,18?,26-,27-/m1/s1. The van der Waals surface area contributed by atoms with Gasteiger partial charge in [-0.3, -0.25) is 4.79 Å². The molecule has 5 aromatic rings. The molecule has 3 saturated carbocycles. The average Bonchev–Trinajstić information content (AvgIpc) is 3.38. The van der Waals surface area contributed by atoms with Gasteiger partial charge in [0.2, 0.25) is 0 Å². The zero-order chi connectivity index (χ0) is 26.7. The maximum Gasteiger partial charge on any atom is 0.308 e. The number of nitrogens with zero attached hydrogens (tertiary/aromatic N) is 2. The van der Waals surface area contributed by atoms with Crippen molar-refractivity contribution >= 4 is 33.6 Å². The van der Waals surface area contributed by atoms with Crippen LogP contribution in [0.3, 0.4) is 0 Å². The monoisotopic (exact) mass is 524 g/mol. The molecule has 2 bridgehead atoms. The van der Waals surface area contributed by atoms with Crippen molar-refractivity contribution in [3.63, 3.8) is 0 Å². The Hall–Kier alpha value is -4.33. The van der Waals surface area contributed by atoms with E-state index >= 15 is 0 Å². The summed E-state index contributed by atoms with van der Waals surface area (Å²) in [6.07, 6.45) is 5.43. The molecule has 8 rings (SSSR count). The zero-order valence-corrected chi connectivity index (χ0v) is 21.0. The molecule has 2 atom stereocenters. The van der Waals surface area contributed by atoms with Crippen LogP contribution in [0.5, 0.6) is 0 Å². The van der Waals surface area contributed by atoms with Crippen molar-refractivity contribution in [3.05, 3.63) is 78.5 Å². The summed E-state index contributed by atoms with van der Waals surface area (Å²) in [4.78, 5) is 24.9. The number of aromatic nitrogens is 3. The van der Waals surface area contributed by atoms with Gasteiger partial charge in [0, 0.05) is 34.6 Å². The molecular formula is C31H26F2N4O2. The van der Waals surface area contributed by atoms with Gasteiger partial charge < -0.3 is 15.4 Å². The predicted molar refractivity (Wildman–Crippen MR) is 146 cm³/mol. The van der Waals surface area contributed by atoms with Crippen LogP contribution in [-0.4, -0.2) is 32.1 Å². The Kier molecular flexibility index (Phi) is 5.58. The minimum atomic E-state index is -0.783. The number of carboxylic acid groups (broad SMARTS) is 1. The Bertz CT molecular complexity index is 1730. The van der Waals surface area contributed by atoms with Crippen LogP contribution in [0.2, 0.25) is 0 Å². The van der Waals surface area contributed by atoms with E-state index in [-0.39, 0.29) is 23.4 Å². The maximum absolute atomic E-state index is 14.5. The predicted octanol–water partition coefficient (Wildman–Crippen LogP) is 7.02. The van der Waals surface area contributed by atoms with Crippen LogP contribution in [0, 0.1) is 29.4 Å². The van der Waals surface area contributed by atoms with Gasteiger partial charge in [-0.2, -0.15) is 0 Å². The number of fused-ring (bicyclic) bond motifs is 5. The number of nitrogens with one attached hydrogen (secondary N) is 2. The molecule has 8 heteroatoms. The minimum Gasteiger partial charge on any atom is -0.481 e. The summed E-state index contributed by atoms with van der Waals surface area (Å²) in [6.45, 7) is 0. The Balaban J connectivity index is 1.41. The molecule has 3 aromatic carbocycles. The van der Waals surface area contributed by atoms with E-state index in [2.05, 4.69) is 10.3 Å². The van der Waals surface area contributed by atoms with Crippen molar-refractivity contribution in [2.45, 2.75) is 31.7 Å². The van der Waals surface area contributed by atoms with Crippen molar-refractivity contribution in [3.8, 4) is 22.5 Å². The third-order valence-corrected chi connectivity index (χ3v) is 8.56. The molecule has 0 saturated heterocycles. The molecule has 6 nitrogen and oxygen atoms in total. The van der Waals surface area contributed by atoms with E-state index in [9.17, 15) is 18.7 Å². The van der Waals surface area contributed by atoms with E-state index in [1.807, 2.05) is 48.5 Å². The van der Waals surface area contributed by atoms with E-state index in [1.54, 1.807) is 6.20 Å². The van der Waals surface area contributed by atoms with Crippen molar-refractivity contribution < 1.29 is 18.7 Å². The molecule has 0 unspecified atom stereocenters. The fourth-order valence-corrected chi connectivity index (χ4v) is 6.68. The summed E-state index contributed by atoms with van der Waals surface area (Å²) in [5.74, 6) is -1.44. The van der Waals surface area contributed by atoms with Gasteiger partial charge in [0.05, 0.1) is 17.0 Å². The number of halogens is 2. The Morgan fingerprint density at radius 1 is 0.897 bits per heavy atom. The number of H-pyrrole nitrogens is 1. The Labute approximate surface area is 223 Å². The van der Waals surface area contributed by atoms with E-state index < -0.39 is 23.5 Å². The molecule has 2 aromatic heterocycles. The van der Waals surface area contributed by atoms with E-state index in [0.29, 0.717) is 28.1 Å². The van der Waals surface area contributed by atoms with Gasteiger partial charge in [-0.05, 0) is 66.8 Å². The van der Waals surface area contributed by atoms with Gasteiger partial charge in [-0.1, -0.05) is 36.4 Å². The molecular weight excluding hydrogens is 498 g/mol. The second kappa shape index (κ2) is 9.15. The highest BCUT2D eigenvalue weighted by molar-refractivity contribution is 5.98. The van der Waals surface area contributed by atoms with Crippen LogP contribution in [0.1, 0.15) is 25.7 Å². The number of aliphatic carboxylic acids is 1. The van der Waals surface area contributed by atoms with Crippen LogP contribution in [0.4, 0.5) is 14.6 Å². The average molecular weight is 525 g/mol. The molecule has 3 fully saturated rings. The lowest BCUT2D eigenvalue weighted by Gasteiger charge is -2.47. The molecule has 0 radical (unpaired) electrons. The zero-order valence-electron chi connectivity index (χ0n) is 21.0. The number of anilines is 1. The molecule has 3 N–H and O–H groups in total. The topological polar surface area (TPSA) is 90.9 Å². The highest BCUT2D eigenvalue weighted by Gasteiger charge is 2.47. The van der Waals surface area contributed by atoms with Crippen LogP contribution < -0.4 is 5.32 Å². The summed E-state index contributed by atoms with van der Waals surface area (Å²) in [7, 11) is 0. The first-order valence-corrected chi connectivity index (χ1v) is 13.3.